The van der Waals surface area contributed by atoms with Crippen LogP contribution in [0, 0.1) is 0 Å². The Balaban J connectivity index is 1.60. The highest BCUT2D eigenvalue weighted by atomic mass is 32.1. The minimum atomic E-state index is -0.421. The van der Waals surface area contributed by atoms with Gasteiger partial charge in [-0.05, 0) is 45.1 Å². The summed E-state index contributed by atoms with van der Waals surface area (Å²) >= 11 is 1.42. The number of aromatic nitrogens is 4. The van der Waals surface area contributed by atoms with E-state index in [1.165, 1.54) is 33.1 Å². The van der Waals surface area contributed by atoms with E-state index < -0.39 is 11.9 Å². The lowest BCUT2D eigenvalue weighted by Crippen LogP contribution is -2.28. The molecule has 0 saturated heterocycles. The van der Waals surface area contributed by atoms with Gasteiger partial charge in [-0.15, -0.1) is 11.3 Å². The normalized spacial score (nSPS) is 13.5. The molecule has 158 valence electrons. The zero-order valence-electron chi connectivity index (χ0n) is 17.1. The van der Waals surface area contributed by atoms with Gasteiger partial charge in [0.15, 0.2) is 5.65 Å². The molecule has 0 fully saturated rings. The first-order valence-electron chi connectivity index (χ1n) is 9.87. The summed E-state index contributed by atoms with van der Waals surface area (Å²) < 4.78 is 8.15. The maximum absolute atomic E-state index is 12.7. The zero-order chi connectivity index (χ0) is 21.4. The lowest BCUT2D eigenvalue weighted by molar-refractivity contribution is -0.116. The van der Waals surface area contributed by atoms with Gasteiger partial charge < -0.3 is 10.1 Å². The number of thiophene rings is 1. The van der Waals surface area contributed by atoms with Crippen LogP contribution in [-0.2, 0) is 36.0 Å². The molecule has 0 aliphatic heterocycles. The zero-order valence-corrected chi connectivity index (χ0v) is 17.9. The van der Waals surface area contributed by atoms with Crippen molar-refractivity contribution in [1.29, 1.82) is 0 Å². The Morgan fingerprint density at radius 1 is 1.30 bits per heavy atom. The van der Waals surface area contributed by atoms with E-state index in [4.69, 9.17) is 4.74 Å². The molecule has 3 aromatic heterocycles. The van der Waals surface area contributed by atoms with Gasteiger partial charge in [-0.3, -0.25) is 18.8 Å². The molecule has 3 heterocycles. The molecule has 0 radical (unpaired) electrons. The summed E-state index contributed by atoms with van der Waals surface area (Å²) in [6.45, 7) is 3.38. The fraction of sp³-hybridized carbons (Fsp3) is 0.450. The van der Waals surface area contributed by atoms with Crippen LogP contribution in [0.5, 0.6) is 0 Å². The average Bonchev–Trinajstić information content (AvgIpc) is 3.24. The number of amides is 1. The van der Waals surface area contributed by atoms with Crippen LogP contribution in [-0.4, -0.2) is 37.3 Å². The minimum Gasteiger partial charge on any atom is -0.459 e. The quantitative estimate of drug-likeness (QED) is 0.624. The maximum atomic E-state index is 12.7. The van der Waals surface area contributed by atoms with Gasteiger partial charge in [-0.2, -0.15) is 5.10 Å². The Bertz CT molecular complexity index is 1190. The van der Waals surface area contributed by atoms with Crippen molar-refractivity contribution in [3.63, 3.8) is 0 Å². The first-order valence-corrected chi connectivity index (χ1v) is 10.7. The number of esters is 1. The van der Waals surface area contributed by atoms with E-state index in [1.54, 1.807) is 20.9 Å². The Morgan fingerprint density at radius 2 is 2.07 bits per heavy atom. The van der Waals surface area contributed by atoms with E-state index in [0.717, 1.165) is 36.1 Å². The number of anilines is 1. The molecule has 1 aliphatic carbocycles. The number of fused-ring (bicyclic) bond motifs is 2. The second kappa shape index (κ2) is 8.02. The Hall–Kier alpha value is -3.01. The molecule has 1 N–H and O–H groups in total. The van der Waals surface area contributed by atoms with Crippen LogP contribution in [0.25, 0.3) is 11.0 Å². The summed E-state index contributed by atoms with van der Waals surface area (Å²) in [5, 5.41) is 7.68. The molecule has 4 rings (SSSR count). The van der Waals surface area contributed by atoms with Gasteiger partial charge >= 0.3 is 5.97 Å². The van der Waals surface area contributed by atoms with Crippen molar-refractivity contribution < 1.29 is 14.3 Å². The Labute approximate surface area is 176 Å². The van der Waals surface area contributed by atoms with Gasteiger partial charge in [0.1, 0.15) is 23.3 Å². The molecule has 1 aliphatic rings. The Kier molecular flexibility index (Phi) is 5.42. The summed E-state index contributed by atoms with van der Waals surface area (Å²) in [5.74, 6) is -0.824. The fourth-order valence-corrected chi connectivity index (χ4v) is 4.94. The maximum Gasteiger partial charge on any atom is 0.341 e. The monoisotopic (exact) mass is 429 g/mol. The van der Waals surface area contributed by atoms with Crippen LogP contribution in [0.15, 0.2) is 17.3 Å². The van der Waals surface area contributed by atoms with Crippen LogP contribution >= 0.6 is 11.3 Å². The smallest absolute Gasteiger partial charge is 0.341 e. The predicted molar refractivity (Wildman–Crippen MR) is 113 cm³/mol. The van der Waals surface area contributed by atoms with Crippen LogP contribution < -0.4 is 10.9 Å². The number of hydrogen-bond acceptors (Lipinski definition) is 7. The topological polar surface area (TPSA) is 108 Å². The summed E-state index contributed by atoms with van der Waals surface area (Å²) in [6, 6.07) is 0. The highest BCUT2D eigenvalue weighted by Crippen LogP contribution is 2.38. The summed E-state index contributed by atoms with van der Waals surface area (Å²) in [6.07, 6.45) is 6.27. The van der Waals surface area contributed by atoms with Gasteiger partial charge in [-0.25, -0.2) is 9.78 Å². The average molecular weight is 430 g/mol. The standard InChI is InChI=1S/C20H23N5O4S/c1-11(2)29-20(28)16-12-6-4-5-7-14(12)30-18(16)23-15(26)9-25-10-21-17-13(19(25)27)8-22-24(17)3/h8,10-11H,4-7,9H2,1-3H3,(H,23,26). The highest BCUT2D eigenvalue weighted by Gasteiger charge is 2.28. The van der Waals surface area contributed by atoms with Crippen molar-refractivity contribution in [2.75, 3.05) is 5.32 Å². The first-order chi connectivity index (χ1) is 14.3. The van der Waals surface area contributed by atoms with Crippen LogP contribution in [0.2, 0.25) is 0 Å². The molecule has 0 bridgehead atoms. The number of nitrogens with zero attached hydrogens (tertiary/aromatic N) is 4. The molecule has 10 heteroatoms. The van der Waals surface area contributed by atoms with Crippen LogP contribution in [0.1, 0.15) is 47.5 Å². The van der Waals surface area contributed by atoms with Crippen molar-refractivity contribution in [3.05, 3.63) is 38.9 Å². The molecule has 0 atom stereocenters. The summed E-state index contributed by atoms with van der Waals surface area (Å²) in [5.41, 5.74) is 1.54. The van der Waals surface area contributed by atoms with Crippen molar-refractivity contribution in [2.24, 2.45) is 7.05 Å². The molecular weight excluding hydrogens is 406 g/mol. The molecule has 0 unspecified atom stereocenters. The van der Waals surface area contributed by atoms with E-state index in [9.17, 15) is 14.4 Å². The van der Waals surface area contributed by atoms with E-state index >= 15 is 0 Å². The van der Waals surface area contributed by atoms with Gasteiger partial charge in [0, 0.05) is 11.9 Å². The van der Waals surface area contributed by atoms with Gasteiger partial charge in [-0.1, -0.05) is 0 Å². The largest absolute Gasteiger partial charge is 0.459 e. The van der Waals surface area contributed by atoms with E-state index in [0.29, 0.717) is 21.6 Å². The lowest BCUT2D eigenvalue weighted by Gasteiger charge is -2.14. The number of rotatable bonds is 5. The molecule has 30 heavy (non-hydrogen) atoms. The second-order valence-corrected chi connectivity index (χ2v) is 8.71. The van der Waals surface area contributed by atoms with Crippen molar-refractivity contribution in [1.82, 2.24) is 19.3 Å². The number of ether oxygens (including phenoxy) is 1. The SMILES string of the molecule is CC(C)OC(=O)c1c(NC(=O)Cn2cnc3c(cnn3C)c2=O)sc2c1CCCC2. The van der Waals surface area contributed by atoms with Gasteiger partial charge in [0.05, 0.1) is 17.9 Å². The van der Waals surface area contributed by atoms with Gasteiger partial charge in [0.25, 0.3) is 5.56 Å². The van der Waals surface area contributed by atoms with Crippen LogP contribution in [0.4, 0.5) is 5.00 Å². The number of carbonyl (C=O) groups is 2. The minimum absolute atomic E-state index is 0.210. The molecule has 9 nitrogen and oxygen atoms in total. The molecule has 0 spiro atoms. The molecule has 0 aromatic carbocycles. The fourth-order valence-electron chi connectivity index (χ4n) is 3.64. The number of nitrogens with one attached hydrogen (secondary N) is 1. The number of carbonyl (C=O) groups excluding carboxylic acids is 2. The molecule has 0 saturated carbocycles. The van der Waals surface area contributed by atoms with Crippen LogP contribution in [0.3, 0.4) is 0 Å². The van der Waals surface area contributed by atoms with E-state index in [1.807, 2.05) is 0 Å². The first kappa shape index (κ1) is 20.3. The number of hydrogen-bond donors (Lipinski definition) is 1. The summed E-state index contributed by atoms with van der Waals surface area (Å²) in [4.78, 5) is 43.4. The van der Waals surface area contributed by atoms with E-state index in [-0.39, 0.29) is 18.2 Å². The third-order valence-electron chi connectivity index (χ3n) is 5.00. The van der Waals surface area contributed by atoms with Crippen molar-refractivity contribution in [3.8, 4) is 0 Å². The third kappa shape index (κ3) is 3.74. The Morgan fingerprint density at radius 3 is 2.83 bits per heavy atom. The second-order valence-electron chi connectivity index (χ2n) is 7.60. The van der Waals surface area contributed by atoms with E-state index in [2.05, 4.69) is 15.4 Å². The van der Waals surface area contributed by atoms with Crippen molar-refractivity contribution in [2.45, 2.75) is 52.2 Å². The molecule has 3 aromatic rings. The highest BCUT2D eigenvalue weighted by molar-refractivity contribution is 7.17. The lowest BCUT2D eigenvalue weighted by atomic mass is 9.95. The molecule has 1 amide bonds. The molecular formula is C20H23N5O4S. The summed E-state index contributed by atoms with van der Waals surface area (Å²) in [7, 11) is 1.70. The third-order valence-corrected chi connectivity index (χ3v) is 6.21. The number of aryl methyl sites for hydroxylation is 2. The van der Waals surface area contributed by atoms with Crippen molar-refractivity contribution >= 4 is 39.2 Å². The van der Waals surface area contributed by atoms with Gasteiger partial charge in [0.2, 0.25) is 5.91 Å². The predicted octanol–water partition coefficient (Wildman–Crippen LogP) is 2.27.